The van der Waals surface area contributed by atoms with Gasteiger partial charge in [0.1, 0.15) is 11.5 Å². The highest BCUT2D eigenvalue weighted by atomic mass is 19.1. The van der Waals surface area contributed by atoms with Crippen molar-refractivity contribution in [3.63, 3.8) is 0 Å². The van der Waals surface area contributed by atoms with Crippen LogP contribution >= 0.6 is 0 Å². The summed E-state index contributed by atoms with van der Waals surface area (Å²) in [5.41, 5.74) is 2.83. The smallest absolute Gasteiger partial charge is 0.271 e. The maximum absolute atomic E-state index is 13.7. The first-order valence-corrected chi connectivity index (χ1v) is 13.2. The first-order chi connectivity index (χ1) is 17.7. The minimum atomic E-state index is -0.625. The van der Waals surface area contributed by atoms with E-state index in [0.717, 1.165) is 48.9 Å². The lowest BCUT2D eigenvalue weighted by atomic mass is 9.91. The lowest BCUT2D eigenvalue weighted by Crippen LogP contribution is -2.54. The standard InChI is InChI=1S/C30H39FN4O2/c1-22(26-8-5-6-9-27(26)23-10-12-24(31)13-11-23)33(4)28(20-32-3)29(36)34-18-14-25(15-19-34)35-17-7-16-30(2,37)21-35/h5-6,8-13,20,22,25,37H,3,7,14-19,21H2,1-2,4H3/b28-20-/t22-,30?/m0/s1. The number of nitrogens with zero attached hydrogens (tertiary/aromatic N) is 4. The fourth-order valence-electron chi connectivity index (χ4n) is 5.72. The van der Waals surface area contributed by atoms with E-state index in [0.29, 0.717) is 31.4 Å². The Morgan fingerprint density at radius 3 is 2.51 bits per heavy atom. The largest absolute Gasteiger partial charge is 0.389 e. The molecule has 2 aliphatic heterocycles. The highest BCUT2D eigenvalue weighted by molar-refractivity contribution is 5.93. The molecule has 2 atom stereocenters. The van der Waals surface area contributed by atoms with Crippen LogP contribution in [0.2, 0.25) is 0 Å². The van der Waals surface area contributed by atoms with Crippen LogP contribution in [0, 0.1) is 5.82 Å². The Morgan fingerprint density at radius 1 is 1.19 bits per heavy atom. The summed E-state index contributed by atoms with van der Waals surface area (Å²) in [6.45, 7) is 10.6. The second kappa shape index (κ2) is 11.6. The molecule has 0 aliphatic carbocycles. The van der Waals surface area contributed by atoms with Gasteiger partial charge in [0.15, 0.2) is 0 Å². The molecule has 0 bridgehead atoms. The molecule has 1 unspecified atom stereocenters. The Balaban J connectivity index is 1.47. The van der Waals surface area contributed by atoms with Crippen LogP contribution in [0.15, 0.2) is 65.4 Å². The van der Waals surface area contributed by atoms with E-state index in [2.05, 4.69) is 23.5 Å². The zero-order chi connectivity index (χ0) is 26.6. The molecule has 0 radical (unpaired) electrons. The van der Waals surface area contributed by atoms with Crippen molar-refractivity contribution < 1.29 is 14.3 Å². The van der Waals surface area contributed by atoms with Crippen molar-refractivity contribution in [1.82, 2.24) is 14.7 Å². The molecular formula is C30H39FN4O2. The van der Waals surface area contributed by atoms with E-state index in [4.69, 9.17) is 0 Å². The molecule has 2 saturated heterocycles. The van der Waals surface area contributed by atoms with Crippen molar-refractivity contribution >= 4 is 12.6 Å². The minimum Gasteiger partial charge on any atom is -0.389 e. The molecule has 4 rings (SSSR count). The summed E-state index contributed by atoms with van der Waals surface area (Å²) >= 11 is 0. The molecule has 0 spiro atoms. The van der Waals surface area contributed by atoms with Crippen LogP contribution in [0.1, 0.15) is 51.1 Å². The molecule has 1 amide bonds. The monoisotopic (exact) mass is 506 g/mol. The molecule has 2 fully saturated rings. The van der Waals surface area contributed by atoms with E-state index in [-0.39, 0.29) is 17.8 Å². The van der Waals surface area contributed by atoms with E-state index in [1.54, 1.807) is 18.3 Å². The maximum Gasteiger partial charge on any atom is 0.271 e. The molecule has 0 aromatic heterocycles. The van der Waals surface area contributed by atoms with Gasteiger partial charge in [0.25, 0.3) is 5.91 Å². The highest BCUT2D eigenvalue weighted by Crippen LogP contribution is 2.33. The van der Waals surface area contributed by atoms with Gasteiger partial charge in [-0.3, -0.25) is 14.7 Å². The van der Waals surface area contributed by atoms with Crippen molar-refractivity contribution in [2.45, 2.75) is 57.2 Å². The van der Waals surface area contributed by atoms with Crippen molar-refractivity contribution in [3.05, 3.63) is 71.8 Å². The zero-order valence-corrected chi connectivity index (χ0v) is 22.2. The summed E-state index contributed by atoms with van der Waals surface area (Å²) in [6, 6.07) is 14.7. The molecule has 37 heavy (non-hydrogen) atoms. The summed E-state index contributed by atoms with van der Waals surface area (Å²) in [6.07, 6.45) is 5.18. The summed E-state index contributed by atoms with van der Waals surface area (Å²) in [4.78, 5) is 23.9. The lowest BCUT2D eigenvalue weighted by Gasteiger charge is -2.44. The van der Waals surface area contributed by atoms with Crippen LogP contribution in [-0.4, -0.2) is 77.3 Å². The van der Waals surface area contributed by atoms with E-state index in [9.17, 15) is 14.3 Å². The van der Waals surface area contributed by atoms with Crippen LogP contribution < -0.4 is 0 Å². The van der Waals surface area contributed by atoms with Crippen LogP contribution in [0.5, 0.6) is 0 Å². The molecule has 6 nitrogen and oxygen atoms in total. The number of piperidine rings is 2. The van der Waals surface area contributed by atoms with Gasteiger partial charge < -0.3 is 14.9 Å². The van der Waals surface area contributed by atoms with Gasteiger partial charge in [-0.25, -0.2) is 4.39 Å². The van der Waals surface area contributed by atoms with Gasteiger partial charge in [-0.15, -0.1) is 0 Å². The quantitative estimate of drug-likeness (QED) is 0.430. The number of β-amino-alcohol motifs (C(OH)–C–C–N with tert-alkyl or cyclic N) is 1. The Labute approximate surface area is 220 Å². The molecular weight excluding hydrogens is 467 g/mol. The molecule has 1 N–H and O–H groups in total. The molecule has 2 aliphatic rings. The van der Waals surface area contributed by atoms with Gasteiger partial charge >= 0.3 is 0 Å². The number of benzene rings is 2. The van der Waals surface area contributed by atoms with Gasteiger partial charge in [0.2, 0.25) is 0 Å². The predicted molar refractivity (Wildman–Crippen MR) is 147 cm³/mol. The fraction of sp³-hybridized carbons (Fsp3) is 0.467. The van der Waals surface area contributed by atoms with Crippen molar-refractivity contribution in [2.24, 2.45) is 4.99 Å². The average molecular weight is 507 g/mol. The maximum atomic E-state index is 13.7. The van der Waals surface area contributed by atoms with E-state index < -0.39 is 5.60 Å². The first-order valence-electron chi connectivity index (χ1n) is 13.2. The Kier molecular flexibility index (Phi) is 8.45. The summed E-state index contributed by atoms with van der Waals surface area (Å²) < 4.78 is 13.5. The number of aliphatic hydroxyl groups is 1. The highest BCUT2D eigenvalue weighted by Gasteiger charge is 2.35. The Bertz CT molecular complexity index is 1120. The second-order valence-electron chi connectivity index (χ2n) is 10.7. The number of likely N-dealkylation sites (tertiary alicyclic amines) is 2. The summed E-state index contributed by atoms with van der Waals surface area (Å²) in [7, 11) is 1.91. The molecule has 7 heteroatoms. The van der Waals surface area contributed by atoms with Gasteiger partial charge in [-0.1, -0.05) is 36.4 Å². The average Bonchev–Trinajstić information content (AvgIpc) is 2.90. The van der Waals surface area contributed by atoms with Gasteiger partial charge in [-0.2, -0.15) is 0 Å². The molecule has 2 heterocycles. The van der Waals surface area contributed by atoms with Crippen LogP contribution in [0.3, 0.4) is 0 Å². The molecule has 0 saturated carbocycles. The van der Waals surface area contributed by atoms with Crippen molar-refractivity contribution in [1.29, 1.82) is 0 Å². The van der Waals surface area contributed by atoms with Crippen LogP contribution in [0.4, 0.5) is 4.39 Å². The topological polar surface area (TPSA) is 59.4 Å². The van der Waals surface area contributed by atoms with Crippen molar-refractivity contribution in [3.8, 4) is 11.1 Å². The van der Waals surface area contributed by atoms with E-state index in [1.165, 1.54) is 12.1 Å². The Morgan fingerprint density at radius 2 is 1.86 bits per heavy atom. The molecule has 198 valence electrons. The SMILES string of the molecule is C=N/C=C(/C(=O)N1CCC(N2CCCC(C)(O)C2)CC1)N(C)[C@@H](C)c1ccccc1-c1ccc(F)cc1. The normalized spacial score (nSPS) is 22.5. The number of hydrogen-bond donors (Lipinski definition) is 1. The summed E-state index contributed by atoms with van der Waals surface area (Å²) in [5, 5.41) is 10.5. The van der Waals surface area contributed by atoms with E-state index >= 15 is 0 Å². The number of aliphatic imine (C=N–C) groups is 1. The van der Waals surface area contributed by atoms with Crippen LogP contribution in [0.25, 0.3) is 11.1 Å². The molecule has 2 aromatic carbocycles. The van der Waals surface area contributed by atoms with E-state index in [1.807, 2.05) is 48.0 Å². The third-order valence-electron chi connectivity index (χ3n) is 7.93. The third-order valence-corrected chi connectivity index (χ3v) is 7.93. The number of amides is 1. The fourth-order valence-corrected chi connectivity index (χ4v) is 5.72. The predicted octanol–water partition coefficient (Wildman–Crippen LogP) is 4.87. The number of halogens is 1. The second-order valence-corrected chi connectivity index (χ2v) is 10.7. The van der Waals surface area contributed by atoms with Crippen LogP contribution in [-0.2, 0) is 4.79 Å². The number of carbonyl (C=O) groups is 1. The summed E-state index contributed by atoms with van der Waals surface area (Å²) in [5.74, 6) is -0.321. The van der Waals surface area contributed by atoms with Gasteiger partial charge in [-0.05, 0) is 81.6 Å². The number of carbonyl (C=O) groups excluding carboxylic acids is 1. The number of likely N-dealkylation sites (N-methyl/N-ethyl adjacent to an activating group) is 1. The first kappa shape index (κ1) is 27.0. The lowest BCUT2D eigenvalue weighted by molar-refractivity contribution is -0.131. The number of hydrogen-bond acceptors (Lipinski definition) is 5. The number of rotatable bonds is 7. The van der Waals surface area contributed by atoms with Gasteiger partial charge in [0.05, 0.1) is 17.8 Å². The van der Waals surface area contributed by atoms with Gasteiger partial charge in [0, 0.05) is 32.7 Å². The Hall–Kier alpha value is -3.03. The molecule has 2 aromatic rings. The zero-order valence-electron chi connectivity index (χ0n) is 22.2. The third kappa shape index (κ3) is 6.28. The van der Waals surface area contributed by atoms with Crippen molar-refractivity contribution in [2.75, 3.05) is 33.2 Å². The minimum absolute atomic E-state index is 0.0508.